The third-order valence-corrected chi connectivity index (χ3v) is 6.75. The van der Waals surface area contributed by atoms with Crippen LogP contribution in [0.2, 0.25) is 0 Å². The number of Topliss-reactive ketones (excluding diaryl/α,β-unsaturated/α-hetero) is 1. The number of carbonyl (C=O) groups excluding carboxylic acids is 2. The van der Waals surface area contributed by atoms with Crippen molar-refractivity contribution in [3.05, 3.63) is 65.2 Å². The van der Waals surface area contributed by atoms with Gasteiger partial charge in [-0.2, -0.15) is 4.31 Å². The number of ether oxygens (including phenoxy) is 1. The zero-order chi connectivity index (χ0) is 21.7. The Balaban J connectivity index is 1.50. The van der Waals surface area contributed by atoms with Crippen molar-refractivity contribution < 1.29 is 31.5 Å². The maximum atomic E-state index is 13.6. The molecule has 0 aliphatic carbocycles. The van der Waals surface area contributed by atoms with E-state index in [1.807, 2.05) is 0 Å². The van der Waals surface area contributed by atoms with E-state index in [-0.39, 0.29) is 17.7 Å². The fourth-order valence-corrected chi connectivity index (χ4v) is 4.68. The van der Waals surface area contributed by atoms with Crippen LogP contribution in [-0.2, 0) is 26.0 Å². The van der Waals surface area contributed by atoms with Gasteiger partial charge in [-0.05, 0) is 55.2 Å². The Morgan fingerprint density at radius 1 is 1.00 bits per heavy atom. The quantitative estimate of drug-likeness (QED) is 0.468. The smallest absolute Gasteiger partial charge is 0.306 e. The van der Waals surface area contributed by atoms with E-state index in [4.69, 9.17) is 4.74 Å². The molecule has 2 aromatic carbocycles. The van der Waals surface area contributed by atoms with E-state index < -0.39 is 45.6 Å². The highest BCUT2D eigenvalue weighted by atomic mass is 32.2. The first-order chi connectivity index (χ1) is 14.3. The molecule has 1 aliphatic rings. The molecule has 3 rings (SSSR count). The Morgan fingerprint density at radius 2 is 1.67 bits per heavy atom. The van der Waals surface area contributed by atoms with Crippen LogP contribution < -0.4 is 0 Å². The van der Waals surface area contributed by atoms with Gasteiger partial charge < -0.3 is 4.74 Å². The zero-order valence-electron chi connectivity index (χ0n) is 16.1. The molecule has 0 saturated carbocycles. The lowest BCUT2D eigenvalue weighted by atomic mass is 10.1. The molecular formula is C21H21F2NO5S. The van der Waals surface area contributed by atoms with Gasteiger partial charge in [0.2, 0.25) is 15.8 Å². The van der Waals surface area contributed by atoms with Crippen molar-refractivity contribution in [3.8, 4) is 0 Å². The van der Waals surface area contributed by atoms with E-state index in [9.17, 15) is 26.8 Å². The minimum absolute atomic E-state index is 0.0445. The summed E-state index contributed by atoms with van der Waals surface area (Å²) in [6, 6.07) is 8.74. The largest absolute Gasteiger partial charge is 0.457 e. The molecule has 2 aromatic rings. The summed E-state index contributed by atoms with van der Waals surface area (Å²) in [4.78, 5) is 24.0. The Labute approximate surface area is 173 Å². The molecule has 0 amide bonds. The van der Waals surface area contributed by atoms with E-state index in [0.29, 0.717) is 13.1 Å². The van der Waals surface area contributed by atoms with Crippen molar-refractivity contribution in [1.29, 1.82) is 0 Å². The minimum atomic E-state index is -3.49. The van der Waals surface area contributed by atoms with E-state index in [1.54, 1.807) is 12.1 Å². The highest BCUT2D eigenvalue weighted by Gasteiger charge is 2.26. The maximum Gasteiger partial charge on any atom is 0.306 e. The van der Waals surface area contributed by atoms with E-state index in [0.717, 1.165) is 36.6 Å². The summed E-state index contributed by atoms with van der Waals surface area (Å²) in [5, 5.41) is 0. The molecule has 6 nitrogen and oxygen atoms in total. The Bertz CT molecular complexity index is 1030. The Hall–Kier alpha value is -2.65. The van der Waals surface area contributed by atoms with Crippen LogP contribution in [0.3, 0.4) is 0 Å². The minimum Gasteiger partial charge on any atom is -0.457 e. The van der Waals surface area contributed by atoms with Crippen molar-refractivity contribution in [1.82, 2.24) is 4.31 Å². The molecule has 0 aromatic heterocycles. The fraction of sp³-hybridized carbons (Fsp3) is 0.333. The van der Waals surface area contributed by atoms with Gasteiger partial charge >= 0.3 is 5.97 Å². The number of hydrogen-bond acceptors (Lipinski definition) is 5. The average Bonchev–Trinajstić information content (AvgIpc) is 3.28. The molecule has 1 saturated heterocycles. The van der Waals surface area contributed by atoms with Crippen molar-refractivity contribution >= 4 is 21.8 Å². The molecule has 0 atom stereocenters. The molecule has 30 heavy (non-hydrogen) atoms. The summed E-state index contributed by atoms with van der Waals surface area (Å²) in [7, 11) is -3.49. The van der Waals surface area contributed by atoms with E-state index in [1.165, 1.54) is 16.4 Å². The van der Waals surface area contributed by atoms with Gasteiger partial charge in [-0.1, -0.05) is 12.1 Å². The Morgan fingerprint density at radius 3 is 2.33 bits per heavy atom. The number of rotatable bonds is 8. The van der Waals surface area contributed by atoms with Crippen molar-refractivity contribution in [3.63, 3.8) is 0 Å². The number of benzene rings is 2. The van der Waals surface area contributed by atoms with Crippen LogP contribution in [-0.4, -0.2) is 44.2 Å². The fourth-order valence-electron chi connectivity index (χ4n) is 3.16. The summed E-state index contributed by atoms with van der Waals surface area (Å²) in [5.74, 6) is -3.16. The lowest BCUT2D eigenvalue weighted by Crippen LogP contribution is -2.27. The number of esters is 1. The standard InChI is InChI=1S/C21H21F2NO5S/c22-16-6-9-19(23)18(13-16)20(25)14-29-21(26)10-5-15-3-7-17(8-4-15)30(27,28)24-11-1-2-12-24/h3-4,6-9,13H,1-2,5,10-12,14H2. The summed E-state index contributed by atoms with van der Waals surface area (Å²) >= 11 is 0. The number of hydrogen-bond donors (Lipinski definition) is 0. The number of sulfonamides is 1. The van der Waals surface area contributed by atoms with Gasteiger partial charge in [0.05, 0.1) is 10.5 Å². The summed E-state index contributed by atoms with van der Waals surface area (Å²) in [6.45, 7) is 0.356. The normalized spacial score (nSPS) is 14.6. The number of halogens is 2. The molecule has 0 bridgehead atoms. The molecule has 160 valence electrons. The first kappa shape index (κ1) is 22.0. The van der Waals surface area contributed by atoms with Gasteiger partial charge in [0.1, 0.15) is 11.6 Å². The predicted molar refractivity (Wildman–Crippen MR) is 104 cm³/mol. The average molecular weight is 437 g/mol. The second-order valence-electron chi connectivity index (χ2n) is 6.96. The molecule has 1 aliphatic heterocycles. The molecule has 9 heteroatoms. The highest BCUT2D eigenvalue weighted by molar-refractivity contribution is 7.89. The van der Waals surface area contributed by atoms with Gasteiger partial charge in [-0.15, -0.1) is 0 Å². The SMILES string of the molecule is O=C(CCc1ccc(S(=O)(=O)N2CCCC2)cc1)OCC(=O)c1cc(F)ccc1F. The third-order valence-electron chi connectivity index (χ3n) is 4.84. The second kappa shape index (κ2) is 9.44. The highest BCUT2D eigenvalue weighted by Crippen LogP contribution is 2.21. The third kappa shape index (κ3) is 5.28. The van der Waals surface area contributed by atoms with Crippen molar-refractivity contribution in [2.45, 2.75) is 30.6 Å². The van der Waals surface area contributed by atoms with Crippen LogP contribution in [0.1, 0.15) is 35.2 Å². The van der Waals surface area contributed by atoms with Crippen LogP contribution >= 0.6 is 0 Å². The molecule has 0 radical (unpaired) electrons. The lowest BCUT2D eigenvalue weighted by Gasteiger charge is -2.15. The zero-order valence-corrected chi connectivity index (χ0v) is 17.0. The monoisotopic (exact) mass is 437 g/mol. The van der Waals surface area contributed by atoms with E-state index in [2.05, 4.69) is 0 Å². The predicted octanol–water partition coefficient (Wildman–Crippen LogP) is 3.11. The van der Waals surface area contributed by atoms with Gasteiger partial charge in [-0.3, -0.25) is 9.59 Å². The summed E-state index contributed by atoms with van der Waals surface area (Å²) in [5.41, 5.74) is 0.257. The first-order valence-corrected chi connectivity index (χ1v) is 10.9. The summed E-state index contributed by atoms with van der Waals surface area (Å²) in [6.07, 6.45) is 1.95. The topological polar surface area (TPSA) is 80.8 Å². The molecule has 0 N–H and O–H groups in total. The second-order valence-corrected chi connectivity index (χ2v) is 8.90. The van der Waals surface area contributed by atoms with Crippen LogP contribution in [0.4, 0.5) is 8.78 Å². The molecule has 0 spiro atoms. The first-order valence-electron chi connectivity index (χ1n) is 9.50. The van der Waals surface area contributed by atoms with Gasteiger partial charge in [-0.25, -0.2) is 17.2 Å². The van der Waals surface area contributed by atoms with Gasteiger partial charge in [0, 0.05) is 19.5 Å². The van der Waals surface area contributed by atoms with E-state index >= 15 is 0 Å². The molecular weight excluding hydrogens is 416 g/mol. The number of nitrogens with zero attached hydrogens (tertiary/aromatic N) is 1. The van der Waals surface area contributed by atoms with Crippen molar-refractivity contribution in [2.24, 2.45) is 0 Å². The van der Waals surface area contributed by atoms with Gasteiger partial charge in [0.25, 0.3) is 0 Å². The van der Waals surface area contributed by atoms with Crippen LogP contribution in [0.5, 0.6) is 0 Å². The Kier molecular flexibility index (Phi) is 6.94. The van der Waals surface area contributed by atoms with Crippen LogP contribution in [0.15, 0.2) is 47.4 Å². The lowest BCUT2D eigenvalue weighted by molar-refractivity contribution is -0.142. The molecule has 1 fully saturated rings. The number of aryl methyl sites for hydroxylation is 1. The van der Waals surface area contributed by atoms with Gasteiger partial charge in [0.15, 0.2) is 6.61 Å². The number of ketones is 1. The molecule has 1 heterocycles. The maximum absolute atomic E-state index is 13.6. The van der Waals surface area contributed by atoms with Crippen LogP contribution in [0, 0.1) is 11.6 Å². The van der Waals surface area contributed by atoms with Crippen LogP contribution in [0.25, 0.3) is 0 Å². The molecule has 0 unspecified atom stereocenters. The van der Waals surface area contributed by atoms with Crippen molar-refractivity contribution in [2.75, 3.05) is 19.7 Å². The number of carbonyl (C=O) groups is 2. The summed E-state index contributed by atoms with van der Waals surface area (Å²) < 4.78 is 58.0.